The van der Waals surface area contributed by atoms with Crippen LogP contribution in [0.25, 0.3) is 11.4 Å². The van der Waals surface area contributed by atoms with Gasteiger partial charge in [0.15, 0.2) is 5.82 Å². The fourth-order valence-corrected chi connectivity index (χ4v) is 2.53. The lowest BCUT2D eigenvalue weighted by Gasteiger charge is -2.38. The topological polar surface area (TPSA) is 88.2 Å². The molecule has 0 atom stereocenters. The average molecular weight is 326 g/mol. The molecule has 8 heteroatoms. The van der Waals surface area contributed by atoms with Crippen LogP contribution in [0.5, 0.6) is 0 Å². The van der Waals surface area contributed by atoms with E-state index in [2.05, 4.69) is 15.0 Å². The van der Waals surface area contributed by atoms with Gasteiger partial charge in [-0.25, -0.2) is 0 Å². The van der Waals surface area contributed by atoms with E-state index in [9.17, 15) is 0 Å². The van der Waals surface area contributed by atoms with E-state index in [4.69, 9.17) is 34.0 Å². The largest absolute Gasteiger partial charge is 0.396 e. The minimum Gasteiger partial charge on any atom is -0.396 e. The molecule has 0 radical (unpaired) electrons. The molecule has 0 saturated carbocycles. The Morgan fingerprint density at radius 3 is 2.71 bits per heavy atom. The number of rotatable bonds is 3. The standard InChI is InChI=1S/C13H13Cl2N5O/c14-8-1-2-10(15)9(3-8)11-17-12(16)19-13(18-11)20-4-7(5-20)6-21/h1-3,7,21H,4-6H2,(H2,16,17,18,19). The van der Waals surface area contributed by atoms with E-state index in [1.165, 1.54) is 0 Å². The second-order valence-electron chi connectivity index (χ2n) is 4.89. The minimum absolute atomic E-state index is 0.124. The van der Waals surface area contributed by atoms with Gasteiger partial charge < -0.3 is 15.7 Å². The number of nitrogen functional groups attached to an aromatic ring is 1. The first kappa shape index (κ1) is 14.3. The molecule has 2 aromatic rings. The highest BCUT2D eigenvalue weighted by atomic mass is 35.5. The van der Waals surface area contributed by atoms with Crippen molar-refractivity contribution < 1.29 is 5.11 Å². The Kier molecular flexibility index (Phi) is 3.84. The van der Waals surface area contributed by atoms with Crippen LogP contribution in [0.1, 0.15) is 0 Å². The number of hydrogen-bond donors (Lipinski definition) is 2. The Labute approximate surface area is 131 Å². The first-order valence-electron chi connectivity index (χ1n) is 6.39. The summed E-state index contributed by atoms with van der Waals surface area (Å²) in [6.07, 6.45) is 0. The van der Waals surface area contributed by atoms with E-state index in [1.807, 2.05) is 4.90 Å². The van der Waals surface area contributed by atoms with E-state index < -0.39 is 0 Å². The van der Waals surface area contributed by atoms with Crippen LogP contribution in [0, 0.1) is 5.92 Å². The summed E-state index contributed by atoms with van der Waals surface area (Å²) >= 11 is 12.1. The Balaban J connectivity index is 1.96. The van der Waals surface area contributed by atoms with Crippen LogP contribution in [0.4, 0.5) is 11.9 Å². The highest BCUT2D eigenvalue weighted by Gasteiger charge is 2.28. The molecule has 3 N–H and O–H groups in total. The van der Waals surface area contributed by atoms with Crippen LogP contribution in [-0.2, 0) is 0 Å². The third-order valence-corrected chi connectivity index (χ3v) is 3.87. The molecule has 110 valence electrons. The molecule has 0 aliphatic carbocycles. The van der Waals surface area contributed by atoms with E-state index >= 15 is 0 Å². The summed E-state index contributed by atoms with van der Waals surface area (Å²) in [4.78, 5) is 14.6. The van der Waals surface area contributed by atoms with Crippen LogP contribution in [0.2, 0.25) is 10.0 Å². The summed E-state index contributed by atoms with van der Waals surface area (Å²) in [5, 5.41) is 10.1. The van der Waals surface area contributed by atoms with E-state index in [-0.39, 0.29) is 18.5 Å². The van der Waals surface area contributed by atoms with Gasteiger partial charge in [0.25, 0.3) is 0 Å². The first-order valence-corrected chi connectivity index (χ1v) is 7.15. The van der Waals surface area contributed by atoms with Gasteiger partial charge in [-0.2, -0.15) is 15.0 Å². The molecule has 1 saturated heterocycles. The Morgan fingerprint density at radius 1 is 1.24 bits per heavy atom. The molecule has 6 nitrogen and oxygen atoms in total. The molecule has 0 spiro atoms. The van der Waals surface area contributed by atoms with E-state index in [0.29, 0.717) is 40.5 Å². The molecule has 0 bridgehead atoms. The first-order chi connectivity index (χ1) is 10.1. The number of aliphatic hydroxyl groups is 1. The van der Waals surface area contributed by atoms with Crippen LogP contribution in [0.3, 0.4) is 0 Å². The fourth-order valence-electron chi connectivity index (χ4n) is 2.16. The number of aromatic nitrogens is 3. The van der Waals surface area contributed by atoms with E-state index in [1.54, 1.807) is 18.2 Å². The number of hydrogen-bond acceptors (Lipinski definition) is 6. The number of nitrogens with zero attached hydrogens (tertiary/aromatic N) is 4. The maximum atomic E-state index is 9.07. The number of benzene rings is 1. The van der Waals surface area contributed by atoms with Crippen molar-refractivity contribution in [3.8, 4) is 11.4 Å². The van der Waals surface area contributed by atoms with Crippen molar-refractivity contribution in [3.63, 3.8) is 0 Å². The Morgan fingerprint density at radius 2 is 2.00 bits per heavy atom. The summed E-state index contributed by atoms with van der Waals surface area (Å²) in [7, 11) is 0. The molecule has 2 heterocycles. The van der Waals surface area contributed by atoms with Crippen molar-refractivity contribution in [1.29, 1.82) is 0 Å². The zero-order valence-corrected chi connectivity index (χ0v) is 12.5. The summed E-state index contributed by atoms with van der Waals surface area (Å²) in [5.74, 6) is 1.25. The quantitative estimate of drug-likeness (QED) is 0.895. The molecule has 0 unspecified atom stereocenters. The second kappa shape index (κ2) is 5.63. The molecule has 3 rings (SSSR count). The molecule has 1 fully saturated rings. The predicted octanol–water partition coefficient (Wildman–Crippen LogP) is 1.86. The summed E-state index contributed by atoms with van der Waals surface area (Å²) in [5.41, 5.74) is 6.36. The SMILES string of the molecule is Nc1nc(-c2cc(Cl)ccc2Cl)nc(N2CC(CO)C2)n1. The number of aliphatic hydroxyl groups excluding tert-OH is 1. The summed E-state index contributed by atoms with van der Waals surface area (Å²) in [6.45, 7) is 1.55. The van der Waals surface area contributed by atoms with Crippen molar-refractivity contribution in [3.05, 3.63) is 28.2 Å². The van der Waals surface area contributed by atoms with Crippen LogP contribution < -0.4 is 10.6 Å². The molecule has 1 aliphatic heterocycles. The average Bonchev–Trinajstić information content (AvgIpc) is 2.40. The third-order valence-electron chi connectivity index (χ3n) is 3.31. The monoisotopic (exact) mass is 325 g/mol. The summed E-state index contributed by atoms with van der Waals surface area (Å²) < 4.78 is 0. The van der Waals surface area contributed by atoms with Gasteiger partial charge in [-0.05, 0) is 18.2 Å². The molecule has 1 aromatic heterocycles. The maximum absolute atomic E-state index is 9.07. The van der Waals surface area contributed by atoms with Gasteiger partial charge in [0, 0.05) is 36.2 Å². The van der Waals surface area contributed by atoms with Gasteiger partial charge in [-0.1, -0.05) is 23.2 Å². The molecule has 1 aliphatic rings. The van der Waals surface area contributed by atoms with Crippen LogP contribution in [0.15, 0.2) is 18.2 Å². The number of halogens is 2. The normalized spacial score (nSPS) is 15.1. The van der Waals surface area contributed by atoms with Crippen molar-refractivity contribution in [2.24, 2.45) is 5.92 Å². The lowest BCUT2D eigenvalue weighted by atomic mass is 10.0. The van der Waals surface area contributed by atoms with Crippen molar-refractivity contribution >= 4 is 35.1 Å². The van der Waals surface area contributed by atoms with Crippen LogP contribution in [-0.4, -0.2) is 39.8 Å². The highest BCUT2D eigenvalue weighted by Crippen LogP contribution is 2.30. The predicted molar refractivity (Wildman–Crippen MR) is 82.5 cm³/mol. The van der Waals surface area contributed by atoms with Crippen molar-refractivity contribution in [2.75, 3.05) is 30.3 Å². The second-order valence-corrected chi connectivity index (χ2v) is 5.74. The third kappa shape index (κ3) is 2.88. The number of nitrogens with two attached hydrogens (primary N) is 1. The lowest BCUT2D eigenvalue weighted by Crippen LogP contribution is -2.49. The van der Waals surface area contributed by atoms with Gasteiger partial charge in [0.2, 0.25) is 11.9 Å². The van der Waals surface area contributed by atoms with Gasteiger partial charge in [0.1, 0.15) is 0 Å². The van der Waals surface area contributed by atoms with Crippen molar-refractivity contribution in [1.82, 2.24) is 15.0 Å². The van der Waals surface area contributed by atoms with Crippen molar-refractivity contribution in [2.45, 2.75) is 0 Å². The van der Waals surface area contributed by atoms with E-state index in [0.717, 1.165) is 0 Å². The molecular weight excluding hydrogens is 313 g/mol. The van der Waals surface area contributed by atoms with Gasteiger partial charge in [0.05, 0.1) is 5.02 Å². The zero-order chi connectivity index (χ0) is 15.0. The Hall–Kier alpha value is -1.63. The van der Waals surface area contributed by atoms with Crippen LogP contribution >= 0.6 is 23.2 Å². The smallest absolute Gasteiger partial charge is 0.230 e. The molecular formula is C13H13Cl2N5O. The lowest BCUT2D eigenvalue weighted by molar-refractivity contribution is 0.199. The molecule has 1 aromatic carbocycles. The fraction of sp³-hybridized carbons (Fsp3) is 0.308. The van der Waals surface area contributed by atoms with Gasteiger partial charge in [-0.15, -0.1) is 0 Å². The molecule has 21 heavy (non-hydrogen) atoms. The maximum Gasteiger partial charge on any atom is 0.230 e. The van der Waals surface area contributed by atoms with Gasteiger partial charge >= 0.3 is 0 Å². The molecule has 0 amide bonds. The minimum atomic E-state index is 0.124. The zero-order valence-electron chi connectivity index (χ0n) is 11.0. The van der Waals surface area contributed by atoms with Gasteiger partial charge in [-0.3, -0.25) is 0 Å². The summed E-state index contributed by atoms with van der Waals surface area (Å²) in [6, 6.07) is 5.07. The Bertz CT molecular complexity index is 676. The number of anilines is 2. The highest BCUT2D eigenvalue weighted by molar-refractivity contribution is 6.35.